The molecule has 3 saturated heterocycles. The number of halogens is 1. The minimum Gasteiger partial charge on any atom is -0.395 e. The van der Waals surface area contributed by atoms with Gasteiger partial charge in [0.2, 0.25) is 12.4 Å². The Morgan fingerprint density at radius 3 is 2.43 bits per heavy atom. The minimum absolute atomic E-state index is 0.0402. The molecule has 3 aliphatic heterocycles. The van der Waals surface area contributed by atoms with Crippen LogP contribution >= 0.6 is 11.6 Å². The Bertz CT molecular complexity index is 1660. The van der Waals surface area contributed by atoms with E-state index in [1.807, 2.05) is 58.1 Å². The third-order valence-electron chi connectivity index (χ3n) is 10.4. The second kappa shape index (κ2) is 13.4. The first kappa shape index (κ1) is 31.9. The number of benzene rings is 2. The van der Waals surface area contributed by atoms with Crippen molar-refractivity contribution in [1.82, 2.24) is 24.4 Å². The lowest BCUT2D eigenvalue weighted by Gasteiger charge is -2.46. The van der Waals surface area contributed by atoms with Crippen molar-refractivity contribution in [2.24, 2.45) is 0 Å². The van der Waals surface area contributed by atoms with Crippen molar-refractivity contribution in [3.05, 3.63) is 83.0 Å². The zero-order valence-corrected chi connectivity index (χ0v) is 27.9. The van der Waals surface area contributed by atoms with Crippen LogP contribution in [0.4, 0.5) is 17.3 Å². The molecule has 2 aromatic heterocycles. The van der Waals surface area contributed by atoms with E-state index in [0.717, 1.165) is 93.0 Å². The van der Waals surface area contributed by atoms with Crippen molar-refractivity contribution in [2.45, 2.75) is 69.2 Å². The number of likely N-dealkylation sites (tertiary alicyclic amines) is 1. The molecule has 4 atom stereocenters. The van der Waals surface area contributed by atoms with Crippen LogP contribution < -0.4 is 10.2 Å². The lowest BCUT2D eigenvalue weighted by molar-refractivity contribution is -0.125. The van der Waals surface area contributed by atoms with Crippen LogP contribution in [0.1, 0.15) is 56.7 Å². The smallest absolute Gasteiger partial charge is 0.247 e. The molecule has 0 saturated carbocycles. The summed E-state index contributed by atoms with van der Waals surface area (Å²) in [6.07, 6.45) is 6.91. The predicted octanol–water partition coefficient (Wildman–Crippen LogP) is 5.43. The number of carbonyl (C=O) groups is 1. The normalized spacial score (nSPS) is 25.2. The number of fused-ring (bicyclic) bond motifs is 1. The van der Waals surface area contributed by atoms with Crippen molar-refractivity contribution < 1.29 is 14.6 Å². The molecule has 0 aliphatic carbocycles. The number of amides is 1. The highest BCUT2D eigenvalue weighted by Crippen LogP contribution is 2.38. The molecule has 2 aromatic carbocycles. The van der Waals surface area contributed by atoms with Crippen LogP contribution in [-0.2, 0) is 14.9 Å². The Labute approximate surface area is 281 Å². The number of carbonyl (C=O) groups excluding carboxylic acids is 1. The van der Waals surface area contributed by atoms with E-state index < -0.39 is 0 Å². The van der Waals surface area contributed by atoms with Crippen LogP contribution in [0.2, 0.25) is 5.02 Å². The van der Waals surface area contributed by atoms with Crippen LogP contribution in [-0.4, -0.2) is 93.5 Å². The molecule has 5 heterocycles. The monoisotopic (exact) mass is 657 g/mol. The van der Waals surface area contributed by atoms with Gasteiger partial charge in [0, 0.05) is 61.1 Å². The number of anilines is 3. The van der Waals surface area contributed by atoms with Gasteiger partial charge >= 0.3 is 0 Å². The Morgan fingerprint density at radius 2 is 1.74 bits per heavy atom. The van der Waals surface area contributed by atoms with E-state index >= 15 is 0 Å². The standard InChI is InChI=1S/C36H44ClN7O3/c1-25-21-43(22-26(2)47-25)31-13-17-42(24-46)33(20-31)27-5-11-30(12-6-27)38-35-39-34-32(4-3-16-44(34)40-35)41-18-14-36(23-45,15-19-41)28-7-9-29(37)10-8-28/h3-12,16,24-26,31,33,45H,13-15,17-23H2,1-2H3,(H,38,40)/t25-,26+,31?,33?. The van der Waals surface area contributed by atoms with Gasteiger partial charge in [0.1, 0.15) is 0 Å². The Hall–Kier alpha value is -3.70. The molecule has 0 radical (unpaired) electrons. The van der Waals surface area contributed by atoms with Crippen LogP contribution in [0, 0.1) is 0 Å². The van der Waals surface area contributed by atoms with Crippen molar-refractivity contribution in [3.8, 4) is 0 Å². The summed E-state index contributed by atoms with van der Waals surface area (Å²) in [6.45, 7) is 8.60. The van der Waals surface area contributed by atoms with E-state index in [9.17, 15) is 9.90 Å². The summed E-state index contributed by atoms with van der Waals surface area (Å²) < 4.78 is 7.78. The molecular formula is C36H44ClN7O3. The van der Waals surface area contributed by atoms with Gasteiger partial charge in [0.15, 0.2) is 5.65 Å². The van der Waals surface area contributed by atoms with Crippen molar-refractivity contribution in [3.63, 3.8) is 0 Å². The molecule has 3 fully saturated rings. The molecule has 0 bridgehead atoms. The fourth-order valence-corrected chi connectivity index (χ4v) is 8.02. The number of aromatic nitrogens is 3. The maximum absolute atomic E-state index is 12.0. The summed E-state index contributed by atoms with van der Waals surface area (Å²) >= 11 is 6.13. The molecule has 3 aliphatic rings. The van der Waals surface area contributed by atoms with E-state index in [0.29, 0.717) is 17.0 Å². The lowest BCUT2D eigenvalue weighted by atomic mass is 9.73. The van der Waals surface area contributed by atoms with Gasteiger partial charge < -0.3 is 25.0 Å². The van der Waals surface area contributed by atoms with Gasteiger partial charge in [-0.1, -0.05) is 35.9 Å². The number of pyridine rings is 1. The number of aliphatic hydroxyl groups is 1. The summed E-state index contributed by atoms with van der Waals surface area (Å²) in [6, 6.07) is 20.7. The molecule has 47 heavy (non-hydrogen) atoms. The quantitative estimate of drug-likeness (QED) is 0.242. The third-order valence-corrected chi connectivity index (χ3v) is 10.7. The van der Waals surface area contributed by atoms with E-state index in [1.165, 1.54) is 0 Å². The van der Waals surface area contributed by atoms with Crippen LogP contribution in [0.3, 0.4) is 0 Å². The highest BCUT2D eigenvalue weighted by molar-refractivity contribution is 6.30. The SMILES string of the molecule is C[C@@H]1CN(C2CCN(C=O)C(c3ccc(Nc4nc5c(N6CCC(CO)(c7ccc(Cl)cc7)CC6)cccn5n4)cc3)C2)C[C@H](C)O1. The van der Waals surface area contributed by atoms with Crippen LogP contribution in [0.15, 0.2) is 66.9 Å². The van der Waals surface area contributed by atoms with Crippen LogP contribution in [0.25, 0.3) is 5.65 Å². The third kappa shape index (κ3) is 6.56. The maximum atomic E-state index is 12.0. The zero-order valence-electron chi connectivity index (χ0n) is 27.1. The van der Waals surface area contributed by atoms with Gasteiger partial charge in [-0.2, -0.15) is 4.98 Å². The first-order valence-corrected chi connectivity index (χ1v) is 17.2. The number of nitrogens with one attached hydrogen (secondary N) is 1. The number of piperidine rings is 2. The van der Waals surface area contributed by atoms with Crippen molar-refractivity contribution >= 4 is 41.0 Å². The Morgan fingerprint density at radius 1 is 1.02 bits per heavy atom. The minimum atomic E-state index is -0.278. The average Bonchev–Trinajstić information content (AvgIpc) is 3.51. The summed E-state index contributed by atoms with van der Waals surface area (Å²) in [5, 5.41) is 19.2. The molecule has 4 aromatic rings. The van der Waals surface area contributed by atoms with Crippen molar-refractivity contribution in [1.29, 1.82) is 0 Å². The summed E-state index contributed by atoms with van der Waals surface area (Å²) in [4.78, 5) is 23.7. The van der Waals surface area contributed by atoms with Gasteiger partial charge in [-0.25, -0.2) is 4.52 Å². The van der Waals surface area contributed by atoms with E-state index in [1.54, 1.807) is 0 Å². The number of ether oxygens (including phenoxy) is 1. The largest absolute Gasteiger partial charge is 0.395 e. The van der Waals surface area contributed by atoms with Gasteiger partial charge in [-0.3, -0.25) is 9.69 Å². The molecule has 11 heteroatoms. The summed E-state index contributed by atoms with van der Waals surface area (Å²) in [7, 11) is 0. The van der Waals surface area contributed by atoms with Crippen molar-refractivity contribution in [2.75, 3.05) is 49.5 Å². The Balaban J connectivity index is 1.03. The number of rotatable bonds is 8. The fraction of sp³-hybridized carbons (Fsp3) is 0.472. The van der Waals surface area contributed by atoms with E-state index in [-0.39, 0.29) is 30.3 Å². The maximum Gasteiger partial charge on any atom is 0.247 e. The first-order chi connectivity index (χ1) is 22.8. The second-order valence-corrected chi connectivity index (χ2v) is 14.0. The topological polar surface area (TPSA) is 98.5 Å². The molecule has 2 N–H and O–H groups in total. The van der Waals surface area contributed by atoms with Gasteiger partial charge in [-0.15, -0.1) is 5.10 Å². The molecule has 10 nitrogen and oxygen atoms in total. The molecule has 2 unspecified atom stereocenters. The molecule has 248 valence electrons. The van der Waals surface area contributed by atoms with Gasteiger partial charge in [-0.05, 0) is 87.1 Å². The second-order valence-electron chi connectivity index (χ2n) is 13.5. The van der Waals surface area contributed by atoms with Crippen LogP contribution in [0.5, 0.6) is 0 Å². The first-order valence-electron chi connectivity index (χ1n) is 16.8. The number of nitrogens with zero attached hydrogens (tertiary/aromatic N) is 6. The highest BCUT2D eigenvalue weighted by atomic mass is 35.5. The molecule has 0 spiro atoms. The fourth-order valence-electron chi connectivity index (χ4n) is 7.89. The predicted molar refractivity (Wildman–Crippen MR) is 184 cm³/mol. The number of morpholine rings is 1. The molecule has 7 rings (SSSR count). The highest BCUT2D eigenvalue weighted by Gasteiger charge is 2.37. The molecular weight excluding hydrogens is 614 g/mol. The zero-order chi connectivity index (χ0) is 32.5. The summed E-state index contributed by atoms with van der Waals surface area (Å²) in [5.41, 5.74) is 4.69. The number of aliphatic hydroxyl groups excluding tert-OH is 1. The van der Waals surface area contributed by atoms with Gasteiger partial charge in [0.05, 0.1) is 30.5 Å². The van der Waals surface area contributed by atoms with E-state index in [4.69, 9.17) is 26.4 Å². The average molecular weight is 658 g/mol. The number of hydrogen-bond acceptors (Lipinski definition) is 8. The Kier molecular flexibility index (Phi) is 9.11. The summed E-state index contributed by atoms with van der Waals surface area (Å²) in [5.74, 6) is 0.524. The lowest BCUT2D eigenvalue weighted by Crippen LogP contribution is -2.53. The molecule has 1 amide bonds. The van der Waals surface area contributed by atoms with Gasteiger partial charge in [0.25, 0.3) is 0 Å². The van der Waals surface area contributed by atoms with E-state index in [2.05, 4.69) is 47.2 Å². The number of hydrogen-bond donors (Lipinski definition) is 2.